The number of aromatic carboxylic acids is 2. The van der Waals surface area contributed by atoms with Crippen molar-refractivity contribution in [2.75, 3.05) is 0 Å². The third-order valence-corrected chi connectivity index (χ3v) is 7.25. The van der Waals surface area contributed by atoms with Crippen molar-refractivity contribution < 1.29 is 24.5 Å². The second-order valence-electron chi connectivity index (χ2n) is 9.98. The van der Waals surface area contributed by atoms with Gasteiger partial charge < -0.3 is 14.9 Å². The van der Waals surface area contributed by atoms with Crippen LogP contribution in [-0.4, -0.2) is 31.9 Å². The Morgan fingerprint density at radius 2 is 1.76 bits per heavy atom. The highest BCUT2D eigenvalue weighted by Crippen LogP contribution is 2.43. The van der Waals surface area contributed by atoms with Crippen molar-refractivity contribution in [1.82, 2.24) is 9.78 Å². The molecule has 1 saturated carbocycles. The molecule has 0 amide bonds. The van der Waals surface area contributed by atoms with Gasteiger partial charge >= 0.3 is 11.9 Å². The number of aryl methyl sites for hydroxylation is 3. The summed E-state index contributed by atoms with van der Waals surface area (Å²) in [6, 6.07) is 18.6. The highest BCUT2D eigenvalue weighted by molar-refractivity contribution is 5.95. The molecule has 0 saturated heterocycles. The van der Waals surface area contributed by atoms with Crippen LogP contribution in [-0.2, 0) is 20.1 Å². The quantitative estimate of drug-likeness (QED) is 0.280. The molecule has 7 nitrogen and oxygen atoms in total. The first-order valence-electron chi connectivity index (χ1n) is 12.7. The summed E-state index contributed by atoms with van der Waals surface area (Å²) in [6.45, 7) is 4.40. The lowest BCUT2D eigenvalue weighted by atomic mass is 9.91. The summed E-state index contributed by atoms with van der Waals surface area (Å²) in [5.74, 6) is -1.02. The van der Waals surface area contributed by atoms with Crippen LogP contribution in [0.25, 0.3) is 11.3 Å². The van der Waals surface area contributed by atoms with E-state index in [-0.39, 0.29) is 11.1 Å². The number of ether oxygens (including phenoxy) is 1. The van der Waals surface area contributed by atoms with Gasteiger partial charge in [-0.25, -0.2) is 9.59 Å². The van der Waals surface area contributed by atoms with Gasteiger partial charge in [-0.15, -0.1) is 0 Å². The van der Waals surface area contributed by atoms with Gasteiger partial charge in [-0.2, -0.15) is 5.10 Å². The topological polar surface area (TPSA) is 102 Å². The van der Waals surface area contributed by atoms with Crippen LogP contribution in [0.4, 0.5) is 0 Å². The van der Waals surface area contributed by atoms with E-state index in [2.05, 4.69) is 23.3 Å². The molecule has 1 aromatic heterocycles. The second kappa shape index (κ2) is 10.2. The highest BCUT2D eigenvalue weighted by Gasteiger charge is 2.27. The summed E-state index contributed by atoms with van der Waals surface area (Å²) in [5.41, 5.74) is 7.87. The van der Waals surface area contributed by atoms with E-state index in [1.54, 1.807) is 6.07 Å². The Morgan fingerprint density at radius 3 is 2.39 bits per heavy atom. The van der Waals surface area contributed by atoms with E-state index < -0.39 is 11.9 Å². The predicted octanol–water partition coefficient (Wildman–Crippen LogP) is 6.15. The first-order chi connectivity index (χ1) is 18.2. The Labute approximate surface area is 221 Å². The van der Waals surface area contributed by atoms with E-state index in [1.165, 1.54) is 17.7 Å². The molecule has 38 heavy (non-hydrogen) atoms. The van der Waals surface area contributed by atoms with E-state index in [4.69, 9.17) is 4.74 Å². The molecule has 0 spiro atoms. The standard InChI is InChI=1S/C31H30N2O5/c1-18-13-23(28-14-19(2)33(3)32-28)11-12-29(18)38-17-27-21(5-4-6-25(27)20-7-8-20)15-22-9-10-24(30(34)35)16-26(22)31(36)37/h4-6,9-14,16,20H,7-8,15,17H2,1-3H3,(H,34,35)(H,36,37). The molecular formula is C31H30N2O5. The van der Waals surface area contributed by atoms with Crippen molar-refractivity contribution in [2.45, 2.75) is 45.6 Å². The Balaban J connectivity index is 1.43. The zero-order chi connectivity index (χ0) is 27.0. The number of carboxylic acid groups (broad SMARTS) is 2. The SMILES string of the molecule is Cc1cc(-c2cc(C)n(C)n2)ccc1OCc1c(Cc2ccc(C(=O)O)cc2C(=O)O)cccc1C1CC1. The summed E-state index contributed by atoms with van der Waals surface area (Å²) in [6.07, 6.45) is 2.63. The minimum Gasteiger partial charge on any atom is -0.489 e. The van der Waals surface area contributed by atoms with Gasteiger partial charge in [0.2, 0.25) is 0 Å². The fourth-order valence-electron chi connectivity index (χ4n) is 4.86. The maximum atomic E-state index is 11.9. The zero-order valence-electron chi connectivity index (χ0n) is 21.7. The summed E-state index contributed by atoms with van der Waals surface area (Å²) in [7, 11) is 1.93. The minimum absolute atomic E-state index is 0.00443. The fraction of sp³-hybridized carbons (Fsp3) is 0.258. The number of hydrogen-bond acceptors (Lipinski definition) is 4. The lowest BCUT2D eigenvalue weighted by molar-refractivity contribution is 0.0695. The maximum absolute atomic E-state index is 11.9. The number of rotatable bonds is 9. The van der Waals surface area contributed by atoms with Crippen molar-refractivity contribution in [3.8, 4) is 17.0 Å². The van der Waals surface area contributed by atoms with Crippen LogP contribution < -0.4 is 4.74 Å². The molecule has 5 rings (SSSR count). The predicted molar refractivity (Wildman–Crippen MR) is 144 cm³/mol. The highest BCUT2D eigenvalue weighted by atomic mass is 16.5. The number of carboxylic acids is 2. The van der Waals surface area contributed by atoms with Gasteiger partial charge in [0.05, 0.1) is 16.8 Å². The summed E-state index contributed by atoms with van der Waals surface area (Å²) < 4.78 is 8.21. The molecule has 0 bridgehead atoms. The number of nitrogens with zero attached hydrogens (tertiary/aromatic N) is 2. The molecule has 4 aromatic rings. The molecule has 1 heterocycles. The van der Waals surface area contributed by atoms with E-state index in [1.807, 2.05) is 49.8 Å². The third-order valence-electron chi connectivity index (χ3n) is 7.25. The monoisotopic (exact) mass is 510 g/mol. The Hall–Kier alpha value is -4.39. The molecule has 194 valence electrons. The van der Waals surface area contributed by atoms with Crippen molar-refractivity contribution >= 4 is 11.9 Å². The molecule has 0 unspecified atom stereocenters. The summed E-state index contributed by atoms with van der Waals surface area (Å²) in [5, 5.41) is 23.6. The average molecular weight is 511 g/mol. The van der Waals surface area contributed by atoms with Gasteiger partial charge in [-0.1, -0.05) is 24.3 Å². The molecule has 1 aliphatic carbocycles. The van der Waals surface area contributed by atoms with Crippen LogP contribution in [0.3, 0.4) is 0 Å². The molecule has 7 heteroatoms. The Morgan fingerprint density at radius 1 is 0.974 bits per heavy atom. The fourth-order valence-corrected chi connectivity index (χ4v) is 4.86. The summed E-state index contributed by atoms with van der Waals surface area (Å²) in [4.78, 5) is 23.3. The number of carbonyl (C=O) groups is 2. The van der Waals surface area contributed by atoms with E-state index in [0.29, 0.717) is 24.5 Å². The van der Waals surface area contributed by atoms with Crippen LogP contribution >= 0.6 is 0 Å². The minimum atomic E-state index is -1.15. The molecule has 0 atom stereocenters. The lowest BCUT2D eigenvalue weighted by Crippen LogP contribution is -2.09. The van der Waals surface area contributed by atoms with E-state index in [9.17, 15) is 19.8 Å². The average Bonchev–Trinajstić information content (AvgIpc) is 3.67. The number of aromatic nitrogens is 2. The molecule has 3 aromatic carbocycles. The van der Waals surface area contributed by atoms with Gasteiger partial charge in [-0.3, -0.25) is 4.68 Å². The largest absolute Gasteiger partial charge is 0.489 e. The first-order valence-corrected chi connectivity index (χ1v) is 12.7. The van der Waals surface area contributed by atoms with Crippen molar-refractivity contribution in [2.24, 2.45) is 7.05 Å². The van der Waals surface area contributed by atoms with Gasteiger partial charge in [-0.05, 0) is 103 Å². The zero-order valence-corrected chi connectivity index (χ0v) is 21.7. The number of benzene rings is 3. The molecular weight excluding hydrogens is 480 g/mol. The van der Waals surface area contributed by atoms with Crippen LogP contribution in [0, 0.1) is 13.8 Å². The van der Waals surface area contributed by atoms with Gasteiger partial charge in [0.15, 0.2) is 0 Å². The molecule has 0 radical (unpaired) electrons. The Kier molecular flexibility index (Phi) is 6.76. The molecule has 0 aliphatic heterocycles. The smallest absolute Gasteiger partial charge is 0.336 e. The Bertz CT molecular complexity index is 1530. The van der Waals surface area contributed by atoms with Crippen LogP contribution in [0.15, 0.2) is 60.7 Å². The van der Waals surface area contributed by atoms with Crippen LogP contribution in [0.5, 0.6) is 5.75 Å². The van der Waals surface area contributed by atoms with Crippen LogP contribution in [0.1, 0.15) is 73.0 Å². The van der Waals surface area contributed by atoms with E-state index in [0.717, 1.165) is 52.2 Å². The van der Waals surface area contributed by atoms with Gasteiger partial charge in [0.25, 0.3) is 0 Å². The maximum Gasteiger partial charge on any atom is 0.336 e. The molecule has 1 fully saturated rings. The second-order valence-corrected chi connectivity index (χ2v) is 9.98. The van der Waals surface area contributed by atoms with Gasteiger partial charge in [0, 0.05) is 18.3 Å². The lowest BCUT2D eigenvalue weighted by Gasteiger charge is -2.18. The third kappa shape index (κ3) is 5.18. The molecule has 2 N–H and O–H groups in total. The first kappa shape index (κ1) is 25.3. The van der Waals surface area contributed by atoms with Crippen LogP contribution in [0.2, 0.25) is 0 Å². The van der Waals surface area contributed by atoms with Crippen molar-refractivity contribution in [3.05, 3.63) is 105 Å². The number of hydrogen-bond donors (Lipinski definition) is 2. The van der Waals surface area contributed by atoms with E-state index >= 15 is 0 Å². The van der Waals surface area contributed by atoms with Crippen molar-refractivity contribution in [3.63, 3.8) is 0 Å². The normalized spacial score (nSPS) is 12.9. The van der Waals surface area contributed by atoms with Gasteiger partial charge in [0.1, 0.15) is 12.4 Å². The summed E-state index contributed by atoms with van der Waals surface area (Å²) >= 11 is 0. The molecule has 1 aliphatic rings. The van der Waals surface area contributed by atoms with Crippen molar-refractivity contribution in [1.29, 1.82) is 0 Å².